The predicted molar refractivity (Wildman–Crippen MR) is 83.2 cm³/mol. The molecule has 3 rings (SSSR count). The third kappa shape index (κ3) is 3.17. The van der Waals surface area contributed by atoms with E-state index in [1.807, 2.05) is 24.3 Å². The summed E-state index contributed by atoms with van der Waals surface area (Å²) in [7, 11) is 0. The van der Waals surface area contributed by atoms with Crippen LogP contribution in [0.2, 0.25) is 0 Å². The lowest BCUT2D eigenvalue weighted by molar-refractivity contribution is -0.384. The lowest BCUT2D eigenvalue weighted by Gasteiger charge is -2.00. The fourth-order valence-electron chi connectivity index (χ4n) is 1.98. The van der Waals surface area contributed by atoms with Gasteiger partial charge in [0.25, 0.3) is 5.69 Å². The maximum Gasteiger partial charge on any atom is 0.270 e. The van der Waals surface area contributed by atoms with E-state index >= 15 is 0 Å². The van der Waals surface area contributed by atoms with Crippen molar-refractivity contribution in [1.29, 1.82) is 0 Å². The molecule has 3 aromatic rings. The third-order valence-corrected chi connectivity index (χ3v) is 3.47. The highest BCUT2D eigenvalue weighted by atomic mass is 79.9. The zero-order valence-corrected chi connectivity index (χ0v) is 12.8. The van der Waals surface area contributed by atoms with Crippen molar-refractivity contribution < 1.29 is 4.92 Å². The van der Waals surface area contributed by atoms with Gasteiger partial charge in [-0.1, -0.05) is 40.2 Å². The summed E-state index contributed by atoms with van der Waals surface area (Å²) < 4.78 is 0.976. The van der Waals surface area contributed by atoms with Gasteiger partial charge in [0.2, 0.25) is 5.82 Å². The highest BCUT2D eigenvalue weighted by Crippen LogP contribution is 2.20. The Balaban J connectivity index is 1.84. The molecule has 0 amide bonds. The fraction of sp³-hybridized carbons (Fsp3) is 0.0714. The van der Waals surface area contributed by atoms with Gasteiger partial charge in [-0.05, 0) is 22.9 Å². The van der Waals surface area contributed by atoms with Gasteiger partial charge in [-0.2, -0.15) is 4.80 Å². The second-order valence-corrected chi connectivity index (χ2v) is 5.50. The van der Waals surface area contributed by atoms with E-state index in [9.17, 15) is 10.1 Å². The highest BCUT2D eigenvalue weighted by molar-refractivity contribution is 9.10. The molecule has 0 aliphatic rings. The molecule has 1 heterocycles. The second kappa shape index (κ2) is 6.02. The van der Waals surface area contributed by atoms with Crippen molar-refractivity contribution >= 4 is 21.6 Å². The molecule has 0 aliphatic carbocycles. The van der Waals surface area contributed by atoms with Crippen LogP contribution in [0.4, 0.5) is 5.69 Å². The van der Waals surface area contributed by atoms with Crippen molar-refractivity contribution in [3.05, 3.63) is 68.7 Å². The molecular formula is C14H10BrN5O2. The Morgan fingerprint density at radius 1 is 1.18 bits per heavy atom. The molecule has 0 atom stereocenters. The van der Waals surface area contributed by atoms with E-state index in [1.54, 1.807) is 12.1 Å². The Morgan fingerprint density at radius 3 is 2.77 bits per heavy atom. The minimum absolute atomic E-state index is 0.000778. The molecule has 2 aromatic carbocycles. The average Bonchev–Trinajstić information content (AvgIpc) is 2.96. The molecule has 0 N–H and O–H groups in total. The number of nitro benzene ring substituents is 1. The standard InChI is InChI=1S/C14H10BrN5O2/c15-12-5-1-3-10(7-12)9-19-17-14(16-18-19)11-4-2-6-13(8-11)20(21)22/h1-8H,9H2. The van der Waals surface area contributed by atoms with Gasteiger partial charge in [0.05, 0.1) is 11.5 Å². The number of nitro groups is 1. The molecule has 1 aromatic heterocycles. The van der Waals surface area contributed by atoms with Crippen LogP contribution in [0.15, 0.2) is 53.0 Å². The lowest BCUT2D eigenvalue weighted by Crippen LogP contribution is -2.03. The van der Waals surface area contributed by atoms with Crippen LogP contribution >= 0.6 is 15.9 Å². The average molecular weight is 360 g/mol. The van der Waals surface area contributed by atoms with Crippen LogP contribution in [-0.2, 0) is 6.54 Å². The van der Waals surface area contributed by atoms with Crippen molar-refractivity contribution in [1.82, 2.24) is 20.2 Å². The number of hydrogen-bond acceptors (Lipinski definition) is 5. The van der Waals surface area contributed by atoms with Gasteiger partial charge in [0.1, 0.15) is 0 Å². The summed E-state index contributed by atoms with van der Waals surface area (Å²) in [5, 5.41) is 23.0. The number of non-ortho nitro benzene ring substituents is 1. The predicted octanol–water partition coefficient (Wildman–Crippen LogP) is 3.06. The molecule has 8 heteroatoms. The number of halogens is 1. The molecule has 0 spiro atoms. The van der Waals surface area contributed by atoms with Gasteiger partial charge in [0.15, 0.2) is 0 Å². The molecule has 0 saturated carbocycles. The molecule has 0 radical (unpaired) electrons. The van der Waals surface area contributed by atoms with Crippen molar-refractivity contribution in [3.8, 4) is 11.4 Å². The van der Waals surface area contributed by atoms with Gasteiger partial charge >= 0.3 is 0 Å². The van der Waals surface area contributed by atoms with Gasteiger partial charge in [0, 0.05) is 22.2 Å². The van der Waals surface area contributed by atoms with Crippen LogP contribution < -0.4 is 0 Å². The number of hydrogen-bond donors (Lipinski definition) is 0. The van der Waals surface area contributed by atoms with Crippen LogP contribution in [0, 0.1) is 10.1 Å². The summed E-state index contributed by atoms with van der Waals surface area (Å²) in [6.45, 7) is 0.474. The molecule has 0 unspecified atom stereocenters. The van der Waals surface area contributed by atoms with Crippen molar-refractivity contribution in [2.45, 2.75) is 6.54 Å². The largest absolute Gasteiger partial charge is 0.270 e. The quantitative estimate of drug-likeness (QED) is 0.527. The SMILES string of the molecule is O=[N+]([O-])c1cccc(-c2nnn(Cc3cccc(Br)c3)n2)c1. The van der Waals surface area contributed by atoms with E-state index < -0.39 is 4.92 Å². The number of benzene rings is 2. The molecule has 0 bridgehead atoms. The van der Waals surface area contributed by atoms with Crippen molar-refractivity contribution in [2.24, 2.45) is 0 Å². The molecular weight excluding hydrogens is 350 g/mol. The Hall–Kier alpha value is -2.61. The number of nitrogens with zero attached hydrogens (tertiary/aromatic N) is 5. The van der Waals surface area contributed by atoms with Gasteiger partial charge < -0.3 is 0 Å². The summed E-state index contributed by atoms with van der Waals surface area (Å²) in [5.74, 6) is 0.360. The van der Waals surface area contributed by atoms with Gasteiger partial charge in [-0.3, -0.25) is 10.1 Å². The molecule has 0 saturated heterocycles. The first-order valence-electron chi connectivity index (χ1n) is 6.39. The monoisotopic (exact) mass is 359 g/mol. The van der Waals surface area contributed by atoms with E-state index in [4.69, 9.17) is 0 Å². The summed E-state index contributed by atoms with van der Waals surface area (Å²) in [6.07, 6.45) is 0. The minimum atomic E-state index is -0.449. The Labute approximate surface area is 133 Å². The van der Waals surface area contributed by atoms with Crippen LogP contribution in [0.25, 0.3) is 11.4 Å². The Morgan fingerprint density at radius 2 is 2.00 bits per heavy atom. The summed E-state index contributed by atoms with van der Waals surface area (Å²) >= 11 is 3.41. The zero-order valence-electron chi connectivity index (χ0n) is 11.3. The molecule has 110 valence electrons. The fourth-order valence-corrected chi connectivity index (χ4v) is 2.43. The molecule has 7 nitrogen and oxygen atoms in total. The van der Waals surface area contributed by atoms with Crippen LogP contribution in [0.5, 0.6) is 0 Å². The number of tetrazole rings is 1. The maximum atomic E-state index is 10.8. The minimum Gasteiger partial charge on any atom is -0.258 e. The van der Waals surface area contributed by atoms with E-state index in [0.717, 1.165) is 10.0 Å². The highest BCUT2D eigenvalue weighted by Gasteiger charge is 2.11. The van der Waals surface area contributed by atoms with Crippen molar-refractivity contribution in [3.63, 3.8) is 0 Å². The number of aromatic nitrogens is 4. The summed E-state index contributed by atoms with van der Waals surface area (Å²) in [6, 6.07) is 14.0. The van der Waals surface area contributed by atoms with Gasteiger partial charge in [-0.15, -0.1) is 10.2 Å². The van der Waals surface area contributed by atoms with E-state index in [1.165, 1.54) is 16.9 Å². The first kappa shape index (κ1) is 14.3. The van der Waals surface area contributed by atoms with E-state index in [2.05, 4.69) is 31.3 Å². The van der Waals surface area contributed by atoms with Crippen molar-refractivity contribution in [2.75, 3.05) is 0 Å². The van der Waals surface area contributed by atoms with Crippen LogP contribution in [0.3, 0.4) is 0 Å². The van der Waals surface area contributed by atoms with Crippen LogP contribution in [-0.4, -0.2) is 25.1 Å². The molecule has 0 aliphatic heterocycles. The lowest BCUT2D eigenvalue weighted by atomic mass is 10.2. The van der Waals surface area contributed by atoms with Gasteiger partial charge in [-0.25, -0.2) is 0 Å². The summed E-state index contributed by atoms with van der Waals surface area (Å²) in [4.78, 5) is 11.8. The Bertz CT molecular complexity index is 833. The van der Waals surface area contributed by atoms with E-state index in [-0.39, 0.29) is 5.69 Å². The normalized spacial score (nSPS) is 10.6. The molecule has 22 heavy (non-hydrogen) atoms. The topological polar surface area (TPSA) is 86.7 Å². The first-order chi connectivity index (χ1) is 10.6. The first-order valence-corrected chi connectivity index (χ1v) is 7.18. The van der Waals surface area contributed by atoms with E-state index in [0.29, 0.717) is 17.9 Å². The van der Waals surface area contributed by atoms with Crippen LogP contribution in [0.1, 0.15) is 5.56 Å². The summed E-state index contributed by atoms with van der Waals surface area (Å²) in [5.41, 5.74) is 1.59. The zero-order chi connectivity index (χ0) is 15.5. The number of rotatable bonds is 4. The molecule has 0 fully saturated rings. The second-order valence-electron chi connectivity index (χ2n) is 4.58. The Kier molecular flexibility index (Phi) is 3.92. The maximum absolute atomic E-state index is 10.8. The smallest absolute Gasteiger partial charge is 0.258 e. The third-order valence-electron chi connectivity index (χ3n) is 2.98.